The average Bonchev–Trinajstić information content (AvgIpc) is 3.30. The first kappa shape index (κ1) is 16.7. The lowest BCUT2D eigenvalue weighted by atomic mass is 10.1. The van der Waals surface area contributed by atoms with Gasteiger partial charge in [0.1, 0.15) is 23.7 Å². The first-order valence-electron chi connectivity index (χ1n) is 8.14. The zero-order valence-electron chi connectivity index (χ0n) is 14.0. The molecule has 3 aromatic rings. The van der Waals surface area contributed by atoms with Crippen LogP contribution in [0.3, 0.4) is 0 Å². The molecule has 0 radical (unpaired) electrons. The summed E-state index contributed by atoms with van der Waals surface area (Å²) in [6.45, 7) is 0.0669. The van der Waals surface area contributed by atoms with Gasteiger partial charge in [-0.05, 0) is 43.0 Å². The van der Waals surface area contributed by atoms with Crippen LogP contribution in [0.15, 0.2) is 37.9 Å². The maximum absolute atomic E-state index is 12.1. The van der Waals surface area contributed by atoms with E-state index in [0.717, 1.165) is 35.8 Å². The third kappa shape index (κ3) is 2.86. The molecule has 1 aliphatic rings. The fraction of sp³-hybridized carbons (Fsp3) is 0.263. The highest BCUT2D eigenvalue weighted by molar-refractivity contribution is 6.32. The fourth-order valence-electron chi connectivity index (χ4n) is 3.21. The summed E-state index contributed by atoms with van der Waals surface area (Å²) in [7, 11) is 1.28. The Morgan fingerprint density at radius 2 is 2.00 bits per heavy atom. The lowest BCUT2D eigenvalue weighted by molar-refractivity contribution is 0.0561. The lowest BCUT2D eigenvalue weighted by Gasteiger charge is -2.10. The molecule has 26 heavy (non-hydrogen) atoms. The number of ether oxygens (including phenoxy) is 2. The zero-order chi connectivity index (χ0) is 18.3. The normalized spacial score (nSPS) is 13.0. The molecule has 0 amide bonds. The van der Waals surface area contributed by atoms with E-state index in [2.05, 4.69) is 4.74 Å². The quantitative estimate of drug-likeness (QED) is 0.509. The van der Waals surface area contributed by atoms with Gasteiger partial charge in [-0.3, -0.25) is 0 Å². The molecule has 134 valence electrons. The van der Waals surface area contributed by atoms with Crippen molar-refractivity contribution < 1.29 is 23.1 Å². The van der Waals surface area contributed by atoms with Crippen LogP contribution in [0.2, 0.25) is 5.02 Å². The van der Waals surface area contributed by atoms with Gasteiger partial charge in [-0.25, -0.2) is 9.59 Å². The summed E-state index contributed by atoms with van der Waals surface area (Å²) >= 11 is 6.34. The van der Waals surface area contributed by atoms with E-state index in [1.807, 2.05) is 0 Å². The minimum atomic E-state index is -0.560. The Morgan fingerprint density at radius 1 is 1.19 bits per heavy atom. The first-order valence-corrected chi connectivity index (χ1v) is 8.52. The fourth-order valence-corrected chi connectivity index (χ4v) is 3.43. The van der Waals surface area contributed by atoms with E-state index in [1.165, 1.54) is 13.2 Å². The van der Waals surface area contributed by atoms with E-state index >= 15 is 0 Å². The van der Waals surface area contributed by atoms with Crippen LogP contribution in [-0.2, 0) is 24.2 Å². The molecule has 7 heteroatoms. The van der Waals surface area contributed by atoms with Gasteiger partial charge in [0, 0.05) is 17.0 Å². The van der Waals surface area contributed by atoms with Crippen LogP contribution in [0, 0.1) is 0 Å². The summed E-state index contributed by atoms with van der Waals surface area (Å²) in [5.41, 5.74) is 1.91. The zero-order valence-corrected chi connectivity index (χ0v) is 14.7. The number of rotatable bonds is 4. The Bertz CT molecular complexity index is 1060. The van der Waals surface area contributed by atoms with E-state index < -0.39 is 5.97 Å². The number of carbonyl (C=O) groups is 1. The van der Waals surface area contributed by atoms with Crippen molar-refractivity contribution in [3.8, 4) is 5.75 Å². The van der Waals surface area contributed by atoms with Crippen LogP contribution >= 0.6 is 11.6 Å². The van der Waals surface area contributed by atoms with Gasteiger partial charge in [0.25, 0.3) is 0 Å². The van der Waals surface area contributed by atoms with Crippen LogP contribution in [0.25, 0.3) is 11.0 Å². The Hall–Kier alpha value is -2.73. The van der Waals surface area contributed by atoms with Crippen LogP contribution in [-0.4, -0.2) is 13.1 Å². The molecule has 0 N–H and O–H groups in total. The summed E-state index contributed by atoms with van der Waals surface area (Å²) in [5.74, 6) is 0.348. The van der Waals surface area contributed by atoms with Crippen LogP contribution in [0.1, 0.15) is 33.9 Å². The number of hydrogen-bond donors (Lipinski definition) is 0. The van der Waals surface area contributed by atoms with Gasteiger partial charge >= 0.3 is 11.6 Å². The minimum absolute atomic E-state index is 0.0669. The predicted molar refractivity (Wildman–Crippen MR) is 93.9 cm³/mol. The number of halogens is 1. The third-order valence-electron chi connectivity index (χ3n) is 4.44. The number of hydrogen-bond acceptors (Lipinski definition) is 6. The topological polar surface area (TPSA) is 78.9 Å². The molecule has 0 fully saturated rings. The largest absolute Gasteiger partial charge is 0.484 e. The van der Waals surface area contributed by atoms with E-state index in [0.29, 0.717) is 22.1 Å². The molecule has 4 rings (SSSR count). The molecule has 2 heterocycles. The molecule has 0 saturated heterocycles. The second-order valence-electron chi connectivity index (χ2n) is 6.03. The SMILES string of the molecule is COC(=O)c1ccc(COc2cc3oc(=O)c4c(c3cc2Cl)CCC4)o1. The lowest BCUT2D eigenvalue weighted by Crippen LogP contribution is -2.07. The number of furan rings is 1. The molecular weight excluding hydrogens is 360 g/mol. The van der Waals surface area contributed by atoms with Crippen molar-refractivity contribution in [2.45, 2.75) is 25.9 Å². The third-order valence-corrected chi connectivity index (χ3v) is 4.74. The molecule has 1 aliphatic carbocycles. The second kappa shape index (κ2) is 6.53. The van der Waals surface area contributed by atoms with Crippen LogP contribution in [0.4, 0.5) is 0 Å². The van der Waals surface area contributed by atoms with Crippen molar-refractivity contribution in [1.29, 1.82) is 0 Å². The van der Waals surface area contributed by atoms with E-state index in [4.69, 9.17) is 25.2 Å². The van der Waals surface area contributed by atoms with Crippen molar-refractivity contribution >= 4 is 28.5 Å². The number of benzene rings is 1. The maximum atomic E-state index is 12.1. The highest BCUT2D eigenvalue weighted by atomic mass is 35.5. The standard InChI is InChI=1S/C19H15ClO6/c1-23-19(22)15-6-5-10(25-15)9-24-17-8-16-13(7-14(17)20)11-3-2-4-12(11)18(21)26-16/h5-8H,2-4,9H2,1H3. The first-order chi connectivity index (χ1) is 12.6. The number of fused-ring (bicyclic) bond motifs is 3. The highest BCUT2D eigenvalue weighted by Crippen LogP contribution is 2.35. The molecule has 0 saturated carbocycles. The Labute approximate surface area is 153 Å². The molecule has 0 spiro atoms. The second-order valence-corrected chi connectivity index (χ2v) is 6.43. The van der Waals surface area contributed by atoms with Crippen molar-refractivity contribution in [1.82, 2.24) is 0 Å². The molecule has 0 unspecified atom stereocenters. The monoisotopic (exact) mass is 374 g/mol. The number of carbonyl (C=O) groups excluding carboxylic acids is 1. The van der Waals surface area contributed by atoms with E-state index in [9.17, 15) is 9.59 Å². The van der Waals surface area contributed by atoms with Crippen molar-refractivity contribution in [3.63, 3.8) is 0 Å². The predicted octanol–water partition coefficient (Wildman–Crippen LogP) is 3.89. The molecular formula is C19H15ClO6. The molecule has 0 aliphatic heterocycles. The summed E-state index contributed by atoms with van der Waals surface area (Å²) in [6, 6.07) is 6.51. The molecule has 6 nitrogen and oxygen atoms in total. The van der Waals surface area contributed by atoms with Gasteiger partial charge < -0.3 is 18.3 Å². The minimum Gasteiger partial charge on any atom is -0.484 e. The van der Waals surface area contributed by atoms with E-state index in [-0.39, 0.29) is 18.0 Å². The van der Waals surface area contributed by atoms with Crippen LogP contribution < -0.4 is 10.4 Å². The van der Waals surface area contributed by atoms with Gasteiger partial charge in [-0.1, -0.05) is 11.6 Å². The summed E-state index contributed by atoms with van der Waals surface area (Å²) in [4.78, 5) is 23.5. The van der Waals surface area contributed by atoms with E-state index in [1.54, 1.807) is 18.2 Å². The summed E-state index contributed by atoms with van der Waals surface area (Å²) in [5, 5.41) is 1.26. The number of esters is 1. The molecule has 0 bridgehead atoms. The summed E-state index contributed by atoms with van der Waals surface area (Å²) < 4.78 is 21.0. The smallest absolute Gasteiger partial charge is 0.373 e. The van der Waals surface area contributed by atoms with Gasteiger partial charge in [0.15, 0.2) is 0 Å². The van der Waals surface area contributed by atoms with Crippen molar-refractivity contribution in [2.75, 3.05) is 7.11 Å². The summed E-state index contributed by atoms with van der Waals surface area (Å²) in [6.07, 6.45) is 2.53. The molecule has 0 atom stereocenters. The Kier molecular flexibility index (Phi) is 4.20. The molecule has 1 aromatic carbocycles. The molecule has 2 aromatic heterocycles. The van der Waals surface area contributed by atoms with Gasteiger partial charge in [-0.2, -0.15) is 0 Å². The highest BCUT2D eigenvalue weighted by Gasteiger charge is 2.21. The van der Waals surface area contributed by atoms with Crippen molar-refractivity contribution in [3.05, 3.63) is 62.4 Å². The number of methoxy groups -OCH3 is 1. The van der Waals surface area contributed by atoms with Gasteiger partial charge in [0.2, 0.25) is 5.76 Å². The Morgan fingerprint density at radius 3 is 2.81 bits per heavy atom. The van der Waals surface area contributed by atoms with Gasteiger partial charge in [-0.15, -0.1) is 0 Å². The van der Waals surface area contributed by atoms with Crippen molar-refractivity contribution in [2.24, 2.45) is 0 Å². The Balaban J connectivity index is 1.62. The maximum Gasteiger partial charge on any atom is 0.373 e. The number of aryl methyl sites for hydroxylation is 1. The van der Waals surface area contributed by atoms with Crippen LogP contribution in [0.5, 0.6) is 5.75 Å². The van der Waals surface area contributed by atoms with Gasteiger partial charge in [0.05, 0.1) is 12.1 Å². The average molecular weight is 375 g/mol.